The Morgan fingerprint density at radius 2 is 1.35 bits per heavy atom. The summed E-state index contributed by atoms with van der Waals surface area (Å²) < 4.78 is 8.15. The predicted octanol–water partition coefficient (Wildman–Crippen LogP) is 9.42. The largest absolute Gasteiger partial charge is 0.317 e. The summed E-state index contributed by atoms with van der Waals surface area (Å²) in [5.74, 6) is 3.99. The molecule has 3 fully saturated rings. The lowest BCUT2D eigenvalue weighted by atomic mass is 9.78. The molecule has 1 aromatic carbocycles. The summed E-state index contributed by atoms with van der Waals surface area (Å²) in [6.45, 7) is 10.6. The van der Waals surface area contributed by atoms with Crippen molar-refractivity contribution in [2.45, 2.75) is 102 Å². The van der Waals surface area contributed by atoms with Gasteiger partial charge < -0.3 is 10.6 Å². The van der Waals surface area contributed by atoms with Gasteiger partial charge in [0, 0.05) is 33.1 Å². The van der Waals surface area contributed by atoms with Crippen molar-refractivity contribution in [3.8, 4) is 0 Å². The maximum absolute atomic E-state index is 12.3. The number of benzene rings is 1. The van der Waals surface area contributed by atoms with Gasteiger partial charge in [-0.15, -0.1) is 22.0 Å². The number of aryl methyl sites for hydroxylation is 1. The van der Waals surface area contributed by atoms with E-state index in [1.165, 1.54) is 105 Å². The van der Waals surface area contributed by atoms with E-state index in [-0.39, 0.29) is 0 Å². The highest BCUT2D eigenvalue weighted by Crippen LogP contribution is 2.36. The molecule has 2 N–H and O–H groups in total. The van der Waals surface area contributed by atoms with Crippen molar-refractivity contribution in [1.29, 1.82) is 0 Å². The standard InChI is InChI=1S/C15H18OS.C14H17N3S.C8H13N3S.C2H6/c16-15-12-3-1-11(2-4-12)9-10-17-14-7-5-13(15)6-8-14;1-2-4-6-12(5-3-1)14-13(16-17-18-14)11-7-9-15-10-8-11;1-6-8(10-11-12-6)7-2-4-9-5-3-7;1-2/h5-8,11-12H,1-4,9-10H2;1-3,5-6,11,15H,4,7-10H2;7,9H,2-5H2,1H3;1-2H3. The number of hydrogen-bond acceptors (Lipinski definition) is 10. The van der Waals surface area contributed by atoms with Crippen LogP contribution in [0.15, 0.2) is 59.5 Å². The van der Waals surface area contributed by atoms with Crippen LogP contribution in [-0.4, -0.2) is 56.9 Å². The van der Waals surface area contributed by atoms with Gasteiger partial charge in [-0.25, -0.2) is 0 Å². The lowest BCUT2D eigenvalue weighted by Gasteiger charge is -2.28. The molecule has 10 heteroatoms. The van der Waals surface area contributed by atoms with Crippen molar-refractivity contribution in [2.75, 3.05) is 31.9 Å². The Kier molecular flexibility index (Phi) is 15.7. The van der Waals surface area contributed by atoms with E-state index in [0.717, 1.165) is 56.9 Å². The van der Waals surface area contributed by atoms with Crippen molar-refractivity contribution in [1.82, 2.24) is 29.8 Å². The fourth-order valence-corrected chi connectivity index (χ4v) is 9.56. The number of aromatic nitrogens is 4. The van der Waals surface area contributed by atoms with Crippen molar-refractivity contribution in [2.24, 2.45) is 11.8 Å². The van der Waals surface area contributed by atoms with E-state index in [9.17, 15) is 4.79 Å². The summed E-state index contributed by atoms with van der Waals surface area (Å²) in [7, 11) is 0. The number of nitrogens with one attached hydrogen (secondary N) is 2. The molecule has 0 spiro atoms. The molecule has 1 saturated carbocycles. The number of allylic oxidation sites excluding steroid dienone is 6. The Morgan fingerprint density at radius 3 is 2.00 bits per heavy atom. The Balaban J connectivity index is 0.000000142. The van der Waals surface area contributed by atoms with Crippen LogP contribution >= 0.6 is 34.8 Å². The Bertz CT molecular complexity index is 1510. The molecule has 49 heavy (non-hydrogen) atoms. The molecular formula is C39H54N6OS3. The van der Waals surface area contributed by atoms with Crippen LogP contribution in [0.4, 0.5) is 0 Å². The number of piperidine rings is 2. The summed E-state index contributed by atoms with van der Waals surface area (Å²) in [4.78, 5) is 16.2. The molecule has 0 atom stereocenters. The zero-order valence-corrected chi connectivity index (χ0v) is 32.0. The van der Waals surface area contributed by atoms with Crippen LogP contribution < -0.4 is 10.6 Å². The van der Waals surface area contributed by atoms with Crippen molar-refractivity contribution < 1.29 is 4.79 Å². The minimum atomic E-state index is 0.296. The molecule has 2 aliphatic carbocycles. The molecule has 8 aliphatic rings. The second-order valence-electron chi connectivity index (χ2n) is 13.2. The lowest BCUT2D eigenvalue weighted by molar-refractivity contribution is 0.0871. The maximum atomic E-state index is 12.3. The first-order valence-corrected chi connectivity index (χ1v) is 21.0. The first-order valence-electron chi connectivity index (χ1n) is 18.5. The topological polar surface area (TPSA) is 92.7 Å². The molecule has 2 saturated heterocycles. The van der Waals surface area contributed by atoms with Gasteiger partial charge in [0.05, 0.1) is 16.3 Å². The van der Waals surface area contributed by atoms with Crippen LogP contribution in [0.1, 0.15) is 121 Å². The van der Waals surface area contributed by atoms with E-state index in [0.29, 0.717) is 23.5 Å². The third kappa shape index (κ3) is 11.0. The fourth-order valence-electron chi connectivity index (χ4n) is 7.22. The average Bonchev–Trinajstić information content (AvgIpc) is 3.75. The summed E-state index contributed by atoms with van der Waals surface area (Å²) in [5, 5.41) is 15.3. The highest BCUT2D eigenvalue weighted by atomic mass is 32.2. The second-order valence-corrected chi connectivity index (χ2v) is 16.1. The molecule has 11 rings (SSSR count). The number of rotatable bonds is 3. The molecule has 0 amide bonds. The minimum Gasteiger partial charge on any atom is -0.317 e. The summed E-state index contributed by atoms with van der Waals surface area (Å²) in [6, 6.07) is 8.23. The van der Waals surface area contributed by atoms with E-state index < -0.39 is 0 Å². The minimum absolute atomic E-state index is 0.296. The third-order valence-corrected chi connectivity index (χ3v) is 12.5. The van der Waals surface area contributed by atoms with Gasteiger partial charge in [-0.1, -0.05) is 65.3 Å². The highest BCUT2D eigenvalue weighted by Gasteiger charge is 2.27. The molecule has 264 valence electrons. The number of Topliss-reactive ketones (excluding diaryl/α,β-unsaturated/α-hetero) is 1. The van der Waals surface area contributed by atoms with Crippen LogP contribution in [0.5, 0.6) is 0 Å². The smallest absolute Gasteiger partial charge is 0.165 e. The first-order chi connectivity index (χ1) is 24.2. The molecule has 0 radical (unpaired) electrons. The summed E-state index contributed by atoms with van der Waals surface area (Å²) >= 11 is 4.98. The molecule has 0 unspecified atom stereocenters. The van der Waals surface area contributed by atoms with Crippen molar-refractivity contribution in [3.63, 3.8) is 0 Å². The van der Waals surface area contributed by atoms with E-state index in [1.807, 2.05) is 37.7 Å². The quantitative estimate of drug-likeness (QED) is 0.277. The SMILES string of the molecule is C1=CCC=C(c2snnc2C2CCNCC2)C=C1.CC.Cc1snnc1C1CCNCC1.O=C1c2ccc(cc2)SCCC2CCC1CC2. The third-order valence-electron chi connectivity index (χ3n) is 10.1. The van der Waals surface area contributed by atoms with Crippen LogP contribution in [0.25, 0.3) is 5.57 Å². The number of hydrogen-bond donors (Lipinski definition) is 2. The number of carbonyl (C=O) groups is 1. The van der Waals surface area contributed by atoms with Crippen LogP contribution in [0.3, 0.4) is 0 Å². The van der Waals surface area contributed by atoms with Gasteiger partial charge in [-0.3, -0.25) is 4.79 Å². The van der Waals surface area contributed by atoms with E-state index >= 15 is 0 Å². The van der Waals surface area contributed by atoms with Crippen LogP contribution in [-0.2, 0) is 0 Å². The van der Waals surface area contributed by atoms with Crippen molar-refractivity contribution in [3.05, 3.63) is 81.4 Å². The Hall–Kier alpha value is -2.50. The number of thioether (sulfide) groups is 1. The second kappa shape index (κ2) is 20.4. The number of nitrogens with zero attached hydrogens (tertiary/aromatic N) is 4. The molecule has 8 heterocycles. The normalized spacial score (nSPS) is 22.6. The zero-order chi connectivity index (χ0) is 34.3. The Labute approximate surface area is 306 Å². The first kappa shape index (κ1) is 37.7. The molecule has 2 aromatic heterocycles. The predicted molar refractivity (Wildman–Crippen MR) is 208 cm³/mol. The molecule has 7 nitrogen and oxygen atoms in total. The Morgan fingerprint density at radius 1 is 0.714 bits per heavy atom. The number of carbonyl (C=O) groups excluding carboxylic acids is 1. The van der Waals surface area contributed by atoms with Gasteiger partial charge in [-0.2, -0.15) is 0 Å². The fraction of sp³-hybridized carbons (Fsp3) is 0.564. The highest BCUT2D eigenvalue weighted by molar-refractivity contribution is 7.99. The lowest BCUT2D eigenvalue weighted by Crippen LogP contribution is -2.27. The van der Waals surface area contributed by atoms with Crippen LogP contribution in [0.2, 0.25) is 0 Å². The monoisotopic (exact) mass is 718 g/mol. The summed E-state index contributed by atoms with van der Waals surface area (Å²) in [5.41, 5.74) is 4.64. The zero-order valence-electron chi connectivity index (χ0n) is 29.5. The van der Waals surface area contributed by atoms with E-state index in [2.05, 4.69) is 79.2 Å². The number of ketones is 1. The van der Waals surface area contributed by atoms with Gasteiger partial charge in [0.1, 0.15) is 0 Å². The van der Waals surface area contributed by atoms with Gasteiger partial charge in [0.2, 0.25) is 0 Å². The summed E-state index contributed by atoms with van der Waals surface area (Å²) in [6.07, 6.45) is 22.6. The van der Waals surface area contributed by atoms with Gasteiger partial charge in [-0.05, 0) is 150 Å². The van der Waals surface area contributed by atoms with E-state index in [4.69, 9.17) is 0 Å². The van der Waals surface area contributed by atoms with Crippen LogP contribution in [0, 0.1) is 18.8 Å². The maximum Gasteiger partial charge on any atom is 0.165 e. The van der Waals surface area contributed by atoms with Crippen molar-refractivity contribution >= 4 is 46.2 Å². The molecule has 6 aliphatic heterocycles. The molecule has 4 bridgehead atoms. The average molecular weight is 719 g/mol. The van der Waals surface area contributed by atoms with Gasteiger partial charge in [0.25, 0.3) is 0 Å². The van der Waals surface area contributed by atoms with Gasteiger partial charge >= 0.3 is 0 Å². The van der Waals surface area contributed by atoms with Gasteiger partial charge in [0.15, 0.2) is 5.78 Å². The van der Waals surface area contributed by atoms with E-state index in [1.54, 1.807) is 0 Å². The molecular weight excluding hydrogens is 665 g/mol. The molecule has 3 aromatic rings.